The van der Waals surface area contributed by atoms with Crippen molar-refractivity contribution in [2.24, 2.45) is 0 Å². The molecule has 116 valence electrons. The molecule has 0 aromatic carbocycles. The van der Waals surface area contributed by atoms with Gasteiger partial charge in [0.15, 0.2) is 5.13 Å². The summed E-state index contributed by atoms with van der Waals surface area (Å²) in [6, 6.07) is 0.898. The third-order valence-corrected chi connectivity index (χ3v) is 6.17. The summed E-state index contributed by atoms with van der Waals surface area (Å²) in [6.07, 6.45) is 10.2. The molecule has 6 heteroatoms. The van der Waals surface area contributed by atoms with Gasteiger partial charge in [-0.1, -0.05) is 19.3 Å². The van der Waals surface area contributed by atoms with Crippen molar-refractivity contribution < 1.29 is 4.79 Å². The number of thiazole rings is 1. The number of aromatic nitrogens is 1. The van der Waals surface area contributed by atoms with E-state index >= 15 is 0 Å². The normalized spacial score (nSPS) is 21.1. The number of thioether (sulfide) groups is 1. The molecular weight excluding hydrogens is 302 g/mol. The predicted molar refractivity (Wildman–Crippen MR) is 90.2 cm³/mol. The summed E-state index contributed by atoms with van der Waals surface area (Å²) in [7, 11) is 0. The van der Waals surface area contributed by atoms with Gasteiger partial charge in [-0.2, -0.15) is 11.8 Å². The maximum absolute atomic E-state index is 12.8. The van der Waals surface area contributed by atoms with E-state index in [1.165, 1.54) is 42.1 Å². The van der Waals surface area contributed by atoms with Crippen LogP contribution >= 0.6 is 23.1 Å². The number of urea groups is 1. The lowest BCUT2D eigenvalue weighted by molar-refractivity contribution is 0.128. The van der Waals surface area contributed by atoms with Crippen molar-refractivity contribution >= 4 is 34.3 Å². The Kier molecular flexibility index (Phi) is 5.41. The second kappa shape index (κ2) is 7.49. The van der Waals surface area contributed by atoms with Gasteiger partial charge >= 0.3 is 6.03 Å². The average molecular weight is 326 g/mol. The highest BCUT2D eigenvalue weighted by Crippen LogP contribution is 2.30. The first kappa shape index (κ1) is 15.2. The summed E-state index contributed by atoms with van der Waals surface area (Å²) in [5.74, 6) is 2.36. The number of nitrogens with one attached hydrogen (secondary N) is 1. The minimum Gasteiger partial charge on any atom is -0.318 e. The molecule has 0 bridgehead atoms. The number of amides is 2. The maximum Gasteiger partial charge on any atom is 0.324 e. The Morgan fingerprint density at radius 2 is 1.86 bits per heavy atom. The highest BCUT2D eigenvalue weighted by Gasteiger charge is 2.32. The Balaban J connectivity index is 1.71. The van der Waals surface area contributed by atoms with E-state index < -0.39 is 0 Å². The van der Waals surface area contributed by atoms with Gasteiger partial charge in [-0.25, -0.2) is 9.78 Å². The van der Waals surface area contributed by atoms with Gasteiger partial charge in [0.05, 0.1) is 0 Å². The summed E-state index contributed by atoms with van der Waals surface area (Å²) >= 11 is 3.50. The van der Waals surface area contributed by atoms with Crippen LogP contribution in [0.4, 0.5) is 9.93 Å². The molecule has 0 radical (unpaired) electrons. The summed E-state index contributed by atoms with van der Waals surface area (Å²) in [6.45, 7) is 0. The number of rotatable bonds is 3. The molecule has 1 aromatic rings. The van der Waals surface area contributed by atoms with Crippen molar-refractivity contribution in [3.05, 3.63) is 11.6 Å². The van der Waals surface area contributed by atoms with Crippen LogP contribution in [0.25, 0.3) is 0 Å². The van der Waals surface area contributed by atoms with Gasteiger partial charge in [0, 0.05) is 23.7 Å². The molecule has 1 saturated carbocycles. The number of anilines is 1. The molecule has 1 N–H and O–H groups in total. The smallest absolute Gasteiger partial charge is 0.318 e. The standard InChI is InChI=1S/C15H23N3OS2/c19-15(17-14-16-8-11-21-14)18(12-4-2-1-3-5-12)13-6-9-20-10-7-13/h8,11-13H,1-7,9-10H2,(H,16,17,19). The van der Waals surface area contributed by atoms with Crippen LogP contribution in [0.5, 0.6) is 0 Å². The van der Waals surface area contributed by atoms with Crippen molar-refractivity contribution in [3.63, 3.8) is 0 Å². The number of carbonyl (C=O) groups excluding carboxylic acids is 1. The Morgan fingerprint density at radius 3 is 2.52 bits per heavy atom. The first-order valence-electron chi connectivity index (χ1n) is 7.91. The molecule has 2 fully saturated rings. The van der Waals surface area contributed by atoms with Crippen LogP contribution in [0.3, 0.4) is 0 Å². The summed E-state index contributed by atoms with van der Waals surface area (Å²) < 4.78 is 0. The van der Waals surface area contributed by atoms with E-state index in [-0.39, 0.29) is 6.03 Å². The van der Waals surface area contributed by atoms with Crippen molar-refractivity contribution in [3.8, 4) is 0 Å². The minimum atomic E-state index is 0.0637. The molecule has 0 atom stereocenters. The topological polar surface area (TPSA) is 45.2 Å². The third kappa shape index (κ3) is 3.92. The third-order valence-electron chi connectivity index (χ3n) is 4.43. The largest absolute Gasteiger partial charge is 0.324 e. The zero-order chi connectivity index (χ0) is 14.5. The van der Waals surface area contributed by atoms with Crippen LogP contribution in [0, 0.1) is 0 Å². The summed E-state index contributed by atoms with van der Waals surface area (Å²) in [4.78, 5) is 19.1. The van der Waals surface area contributed by atoms with Gasteiger partial charge in [0.1, 0.15) is 0 Å². The highest BCUT2D eigenvalue weighted by atomic mass is 32.2. The first-order chi connectivity index (χ1) is 10.3. The van der Waals surface area contributed by atoms with E-state index in [2.05, 4.69) is 15.2 Å². The zero-order valence-corrected chi connectivity index (χ0v) is 13.9. The average Bonchev–Trinajstić information content (AvgIpc) is 3.02. The van der Waals surface area contributed by atoms with Crippen LogP contribution in [-0.4, -0.2) is 39.5 Å². The molecular formula is C15H23N3OS2. The molecule has 21 heavy (non-hydrogen) atoms. The molecule has 0 spiro atoms. The van der Waals surface area contributed by atoms with Crippen molar-refractivity contribution in [2.75, 3.05) is 16.8 Å². The van der Waals surface area contributed by atoms with E-state index in [0.29, 0.717) is 17.2 Å². The van der Waals surface area contributed by atoms with Gasteiger partial charge in [-0.15, -0.1) is 11.3 Å². The molecule has 2 heterocycles. The quantitative estimate of drug-likeness (QED) is 0.905. The Hall–Kier alpha value is -0.750. The second-order valence-corrected chi connectivity index (χ2v) is 7.93. The SMILES string of the molecule is O=C(Nc1nccs1)N(C1CCCCC1)C1CCSCC1. The monoisotopic (exact) mass is 325 g/mol. The first-order valence-corrected chi connectivity index (χ1v) is 9.94. The fourth-order valence-electron chi connectivity index (χ4n) is 3.39. The number of nitrogens with zero attached hydrogens (tertiary/aromatic N) is 2. The molecule has 2 amide bonds. The van der Waals surface area contributed by atoms with Gasteiger partial charge < -0.3 is 4.90 Å². The van der Waals surface area contributed by atoms with E-state index in [1.807, 2.05) is 17.1 Å². The van der Waals surface area contributed by atoms with Gasteiger partial charge in [0.2, 0.25) is 0 Å². The van der Waals surface area contributed by atoms with E-state index in [0.717, 1.165) is 25.7 Å². The lowest BCUT2D eigenvalue weighted by atomic mass is 9.92. The Bertz CT molecular complexity index is 422. The van der Waals surface area contributed by atoms with Gasteiger partial charge in [-0.3, -0.25) is 5.32 Å². The lowest BCUT2D eigenvalue weighted by Gasteiger charge is -2.41. The van der Waals surface area contributed by atoms with Crippen LogP contribution < -0.4 is 5.32 Å². The molecule has 3 rings (SSSR count). The number of hydrogen-bond donors (Lipinski definition) is 1. The highest BCUT2D eigenvalue weighted by molar-refractivity contribution is 7.99. The van der Waals surface area contributed by atoms with E-state index in [1.54, 1.807) is 6.20 Å². The van der Waals surface area contributed by atoms with Crippen molar-refractivity contribution in [2.45, 2.75) is 57.0 Å². The molecule has 1 saturated heterocycles. The molecule has 1 aromatic heterocycles. The van der Waals surface area contributed by atoms with Crippen LogP contribution in [0.2, 0.25) is 0 Å². The predicted octanol–water partition coefficient (Wildman–Crippen LogP) is 4.21. The van der Waals surface area contributed by atoms with Gasteiger partial charge in [-0.05, 0) is 37.2 Å². The lowest BCUT2D eigenvalue weighted by Crippen LogP contribution is -2.51. The molecule has 0 unspecified atom stereocenters. The second-order valence-electron chi connectivity index (χ2n) is 5.81. The number of carbonyl (C=O) groups is 1. The fraction of sp³-hybridized carbons (Fsp3) is 0.733. The van der Waals surface area contributed by atoms with Gasteiger partial charge in [0.25, 0.3) is 0 Å². The molecule has 4 nitrogen and oxygen atoms in total. The van der Waals surface area contributed by atoms with Crippen LogP contribution in [0.1, 0.15) is 44.9 Å². The van der Waals surface area contributed by atoms with Crippen LogP contribution in [0.15, 0.2) is 11.6 Å². The van der Waals surface area contributed by atoms with Crippen molar-refractivity contribution in [1.29, 1.82) is 0 Å². The van der Waals surface area contributed by atoms with Crippen molar-refractivity contribution in [1.82, 2.24) is 9.88 Å². The maximum atomic E-state index is 12.8. The minimum absolute atomic E-state index is 0.0637. The van der Waals surface area contributed by atoms with E-state index in [9.17, 15) is 4.79 Å². The Morgan fingerprint density at radius 1 is 1.14 bits per heavy atom. The molecule has 2 aliphatic rings. The molecule has 1 aliphatic heterocycles. The summed E-state index contributed by atoms with van der Waals surface area (Å²) in [5.41, 5.74) is 0. The molecule has 1 aliphatic carbocycles. The fourth-order valence-corrected chi connectivity index (χ4v) is 4.99. The zero-order valence-electron chi connectivity index (χ0n) is 12.3. The summed E-state index contributed by atoms with van der Waals surface area (Å²) in [5, 5.41) is 5.62. The Labute approximate surface area is 134 Å². The van der Waals surface area contributed by atoms with Crippen LogP contribution in [-0.2, 0) is 0 Å². The number of hydrogen-bond acceptors (Lipinski definition) is 4. The van der Waals surface area contributed by atoms with E-state index in [4.69, 9.17) is 0 Å².